The number of carboxylic acids is 1. The van der Waals surface area contributed by atoms with Crippen LogP contribution in [0.2, 0.25) is 0 Å². The van der Waals surface area contributed by atoms with E-state index in [9.17, 15) is 22.8 Å². The zero-order chi connectivity index (χ0) is 16.7. The fraction of sp³-hybridized carbons (Fsp3) is 0.857. The van der Waals surface area contributed by atoms with Crippen molar-refractivity contribution in [3.05, 3.63) is 0 Å². The summed E-state index contributed by atoms with van der Waals surface area (Å²) in [6, 6.07) is 0. The number of carboxylic acid groups (broad SMARTS) is 1. The molecule has 0 aliphatic rings. The van der Waals surface area contributed by atoms with Crippen molar-refractivity contribution in [3.8, 4) is 0 Å². The van der Waals surface area contributed by atoms with Gasteiger partial charge in [0.15, 0.2) is 0 Å². The number of hydrogen-bond acceptors (Lipinski definition) is 2. The fourth-order valence-corrected chi connectivity index (χ4v) is 2.04. The van der Waals surface area contributed by atoms with E-state index in [-0.39, 0.29) is 24.3 Å². The molecule has 1 amide bonds. The van der Waals surface area contributed by atoms with Crippen LogP contribution in [0, 0.1) is 11.3 Å². The van der Waals surface area contributed by atoms with Crippen LogP contribution in [0.5, 0.6) is 0 Å². The van der Waals surface area contributed by atoms with E-state index >= 15 is 0 Å². The lowest BCUT2D eigenvalue weighted by atomic mass is 9.76. The van der Waals surface area contributed by atoms with Crippen LogP contribution in [0.3, 0.4) is 0 Å². The Kier molecular flexibility index (Phi) is 7.74. The first-order valence-electron chi connectivity index (χ1n) is 6.97. The number of halogens is 3. The third-order valence-corrected chi connectivity index (χ3v) is 3.38. The molecule has 124 valence electrons. The molecule has 0 aromatic carbocycles. The van der Waals surface area contributed by atoms with Gasteiger partial charge >= 0.3 is 12.1 Å². The van der Waals surface area contributed by atoms with Crippen LogP contribution in [0.15, 0.2) is 0 Å². The number of amides is 1. The van der Waals surface area contributed by atoms with Gasteiger partial charge in [-0.05, 0) is 24.2 Å². The lowest BCUT2D eigenvalue weighted by molar-refractivity contribution is -0.144. The Labute approximate surface area is 123 Å². The molecule has 7 heteroatoms. The Hall–Kier alpha value is -1.27. The van der Waals surface area contributed by atoms with Crippen molar-refractivity contribution in [2.75, 3.05) is 6.54 Å². The molecular weight excluding hydrogens is 287 g/mol. The van der Waals surface area contributed by atoms with E-state index in [1.807, 2.05) is 20.8 Å². The van der Waals surface area contributed by atoms with E-state index in [4.69, 9.17) is 5.11 Å². The summed E-state index contributed by atoms with van der Waals surface area (Å²) in [5.41, 5.74) is -0.119. The van der Waals surface area contributed by atoms with Crippen molar-refractivity contribution in [2.45, 2.75) is 59.1 Å². The highest BCUT2D eigenvalue weighted by molar-refractivity contribution is 5.75. The smallest absolute Gasteiger partial charge is 0.389 e. The quantitative estimate of drug-likeness (QED) is 0.722. The van der Waals surface area contributed by atoms with E-state index < -0.39 is 30.9 Å². The van der Waals surface area contributed by atoms with Crippen molar-refractivity contribution in [1.82, 2.24) is 5.32 Å². The number of carbonyl (C=O) groups excluding carboxylic acids is 1. The Morgan fingerprint density at radius 2 is 1.67 bits per heavy atom. The second kappa shape index (κ2) is 8.24. The van der Waals surface area contributed by atoms with E-state index in [1.54, 1.807) is 0 Å². The second-order valence-corrected chi connectivity index (χ2v) is 6.25. The maximum absolute atomic E-state index is 12.0. The highest BCUT2D eigenvalue weighted by atomic mass is 19.4. The minimum atomic E-state index is -4.33. The number of nitrogens with one attached hydrogen (secondary N) is 1. The van der Waals surface area contributed by atoms with Gasteiger partial charge in [-0.25, -0.2) is 0 Å². The monoisotopic (exact) mass is 311 g/mol. The van der Waals surface area contributed by atoms with Gasteiger partial charge in [0.25, 0.3) is 0 Å². The van der Waals surface area contributed by atoms with Crippen LogP contribution < -0.4 is 5.32 Å². The SMILES string of the molecule is CC(C)(C)C(CCNC(=O)CCC(F)(F)F)CCC(=O)O. The molecule has 0 bridgehead atoms. The summed E-state index contributed by atoms with van der Waals surface area (Å²) in [5.74, 6) is -1.42. The molecule has 0 saturated carbocycles. The zero-order valence-electron chi connectivity index (χ0n) is 12.7. The zero-order valence-corrected chi connectivity index (χ0v) is 12.7. The molecule has 0 radical (unpaired) electrons. The summed E-state index contributed by atoms with van der Waals surface area (Å²) >= 11 is 0. The van der Waals surface area contributed by atoms with Gasteiger partial charge in [-0.15, -0.1) is 0 Å². The van der Waals surface area contributed by atoms with Crippen LogP contribution in [-0.2, 0) is 9.59 Å². The number of hydrogen-bond donors (Lipinski definition) is 2. The van der Waals surface area contributed by atoms with Gasteiger partial charge in [0.1, 0.15) is 0 Å². The number of rotatable bonds is 8. The predicted octanol–water partition coefficient (Wildman–Crippen LogP) is 3.36. The van der Waals surface area contributed by atoms with Gasteiger partial charge in [0.05, 0.1) is 6.42 Å². The second-order valence-electron chi connectivity index (χ2n) is 6.25. The van der Waals surface area contributed by atoms with Gasteiger partial charge in [0.2, 0.25) is 5.91 Å². The largest absolute Gasteiger partial charge is 0.481 e. The summed E-state index contributed by atoms with van der Waals surface area (Å²) in [6.07, 6.45) is -4.94. The Morgan fingerprint density at radius 3 is 2.10 bits per heavy atom. The lowest BCUT2D eigenvalue weighted by Crippen LogP contribution is -2.30. The molecule has 0 saturated heterocycles. The fourth-order valence-electron chi connectivity index (χ4n) is 2.04. The number of alkyl halides is 3. The molecule has 0 spiro atoms. The number of carbonyl (C=O) groups is 2. The van der Waals surface area contributed by atoms with E-state index in [1.165, 1.54) is 0 Å². The van der Waals surface area contributed by atoms with Crippen LogP contribution in [0.1, 0.15) is 52.9 Å². The van der Waals surface area contributed by atoms with Crippen molar-refractivity contribution in [3.63, 3.8) is 0 Å². The molecule has 21 heavy (non-hydrogen) atoms. The molecular formula is C14H24F3NO3. The molecule has 0 rings (SSSR count). The molecule has 1 atom stereocenters. The molecule has 0 aliphatic heterocycles. The summed E-state index contributed by atoms with van der Waals surface area (Å²) in [6.45, 7) is 6.19. The van der Waals surface area contributed by atoms with Crippen molar-refractivity contribution in [2.24, 2.45) is 11.3 Å². The molecule has 1 unspecified atom stereocenters. The van der Waals surface area contributed by atoms with Crippen LogP contribution in [0.4, 0.5) is 13.2 Å². The third-order valence-electron chi connectivity index (χ3n) is 3.38. The Balaban J connectivity index is 4.13. The normalized spacial score (nSPS) is 13.8. The average Bonchev–Trinajstić information content (AvgIpc) is 2.28. The Bertz CT molecular complexity index is 348. The molecule has 0 heterocycles. The summed E-state index contributed by atoms with van der Waals surface area (Å²) in [5, 5.41) is 11.2. The Morgan fingerprint density at radius 1 is 1.10 bits per heavy atom. The average molecular weight is 311 g/mol. The van der Waals surface area contributed by atoms with Crippen molar-refractivity contribution < 1.29 is 27.9 Å². The van der Waals surface area contributed by atoms with E-state index in [2.05, 4.69) is 5.32 Å². The summed E-state index contributed by atoms with van der Waals surface area (Å²) in [7, 11) is 0. The van der Waals surface area contributed by atoms with E-state index in [0.29, 0.717) is 12.8 Å². The summed E-state index contributed by atoms with van der Waals surface area (Å²) < 4.78 is 35.9. The first kappa shape index (κ1) is 19.7. The van der Waals surface area contributed by atoms with Crippen molar-refractivity contribution in [1.29, 1.82) is 0 Å². The van der Waals surface area contributed by atoms with Gasteiger partial charge in [-0.2, -0.15) is 13.2 Å². The van der Waals surface area contributed by atoms with Crippen LogP contribution in [0.25, 0.3) is 0 Å². The van der Waals surface area contributed by atoms with Gasteiger partial charge in [0, 0.05) is 19.4 Å². The first-order valence-corrected chi connectivity index (χ1v) is 6.97. The highest BCUT2D eigenvalue weighted by Gasteiger charge is 2.28. The predicted molar refractivity (Wildman–Crippen MR) is 72.7 cm³/mol. The highest BCUT2D eigenvalue weighted by Crippen LogP contribution is 2.32. The van der Waals surface area contributed by atoms with Crippen LogP contribution >= 0.6 is 0 Å². The molecule has 0 aromatic heterocycles. The van der Waals surface area contributed by atoms with Crippen LogP contribution in [-0.4, -0.2) is 29.7 Å². The van der Waals surface area contributed by atoms with E-state index in [0.717, 1.165) is 0 Å². The van der Waals surface area contributed by atoms with Gasteiger partial charge in [-0.1, -0.05) is 20.8 Å². The van der Waals surface area contributed by atoms with Gasteiger partial charge < -0.3 is 10.4 Å². The lowest BCUT2D eigenvalue weighted by Gasteiger charge is -2.30. The standard InChI is InChI=1S/C14H24F3NO3/c1-13(2,3)10(4-5-12(20)21)7-9-18-11(19)6-8-14(15,16)17/h10H,4-9H2,1-3H3,(H,18,19)(H,20,21). The molecule has 0 aromatic rings. The minimum Gasteiger partial charge on any atom is -0.481 e. The maximum Gasteiger partial charge on any atom is 0.389 e. The number of aliphatic carboxylic acids is 1. The van der Waals surface area contributed by atoms with Crippen molar-refractivity contribution >= 4 is 11.9 Å². The molecule has 4 nitrogen and oxygen atoms in total. The third kappa shape index (κ3) is 11.1. The topological polar surface area (TPSA) is 66.4 Å². The first-order chi connectivity index (χ1) is 9.42. The maximum atomic E-state index is 12.0. The minimum absolute atomic E-state index is 0.0456. The molecule has 0 aliphatic carbocycles. The van der Waals surface area contributed by atoms with Gasteiger partial charge in [-0.3, -0.25) is 9.59 Å². The summed E-state index contributed by atoms with van der Waals surface area (Å²) in [4.78, 5) is 21.9. The molecule has 2 N–H and O–H groups in total. The molecule has 0 fully saturated rings.